The second-order valence-electron chi connectivity index (χ2n) is 5.20. The quantitative estimate of drug-likeness (QED) is 0.682. The molecule has 6 heteroatoms. The molecule has 1 amide bonds. The van der Waals surface area contributed by atoms with Crippen molar-refractivity contribution in [3.8, 4) is 0 Å². The molecule has 4 N–H and O–H groups in total. The highest BCUT2D eigenvalue weighted by Gasteiger charge is 2.14. The minimum atomic E-state index is -1.09. The van der Waals surface area contributed by atoms with E-state index < -0.39 is 12.0 Å². The lowest BCUT2D eigenvalue weighted by Crippen LogP contribution is -2.31. The van der Waals surface area contributed by atoms with E-state index in [0.717, 1.165) is 30.0 Å². The van der Waals surface area contributed by atoms with Gasteiger partial charge in [-0.2, -0.15) is 0 Å². The minimum Gasteiger partial charge on any atom is -0.480 e. The van der Waals surface area contributed by atoms with Crippen molar-refractivity contribution in [2.75, 3.05) is 23.3 Å². The van der Waals surface area contributed by atoms with E-state index in [1.165, 1.54) is 0 Å². The normalized spacial score (nSPS) is 11.8. The monoisotopic (exact) mass is 307 g/mol. The van der Waals surface area contributed by atoms with Crippen LogP contribution >= 0.6 is 0 Å². The summed E-state index contributed by atoms with van der Waals surface area (Å²) in [5.41, 5.74) is 8.22. The van der Waals surface area contributed by atoms with Gasteiger partial charge in [-0.25, -0.2) is 0 Å². The van der Waals surface area contributed by atoms with Crippen LogP contribution in [-0.2, 0) is 9.59 Å². The summed E-state index contributed by atoms with van der Waals surface area (Å²) in [6.07, 6.45) is 0.211. The summed E-state index contributed by atoms with van der Waals surface area (Å²) in [7, 11) is 0. The summed E-state index contributed by atoms with van der Waals surface area (Å²) >= 11 is 0. The molecule has 0 aromatic heterocycles. The number of amides is 1. The molecule has 0 unspecified atom stereocenters. The highest BCUT2D eigenvalue weighted by molar-refractivity contribution is 5.92. The van der Waals surface area contributed by atoms with Crippen LogP contribution in [0.15, 0.2) is 18.2 Å². The Morgan fingerprint density at radius 3 is 2.45 bits per heavy atom. The molecule has 0 bridgehead atoms. The molecule has 22 heavy (non-hydrogen) atoms. The lowest BCUT2D eigenvalue weighted by Gasteiger charge is -2.22. The molecule has 0 aliphatic heterocycles. The van der Waals surface area contributed by atoms with E-state index in [4.69, 9.17) is 10.8 Å². The minimum absolute atomic E-state index is 0.0880. The third-order valence-corrected chi connectivity index (χ3v) is 3.61. The van der Waals surface area contributed by atoms with E-state index in [0.29, 0.717) is 0 Å². The molecule has 122 valence electrons. The molecule has 0 aliphatic rings. The number of carbonyl (C=O) groups excluding carboxylic acids is 1. The number of aliphatic carboxylic acids is 1. The molecule has 0 saturated carbocycles. The molecule has 1 atom stereocenters. The van der Waals surface area contributed by atoms with Crippen molar-refractivity contribution in [3.63, 3.8) is 0 Å². The van der Waals surface area contributed by atoms with Crippen LogP contribution in [0.5, 0.6) is 0 Å². The van der Waals surface area contributed by atoms with Gasteiger partial charge in [0.1, 0.15) is 6.04 Å². The zero-order valence-electron chi connectivity index (χ0n) is 13.4. The van der Waals surface area contributed by atoms with E-state index in [1.54, 1.807) is 0 Å². The first-order chi connectivity index (χ1) is 10.4. The number of carbonyl (C=O) groups is 2. The van der Waals surface area contributed by atoms with Gasteiger partial charge in [0.2, 0.25) is 5.91 Å². The molecule has 0 fully saturated rings. The zero-order valence-corrected chi connectivity index (χ0v) is 13.4. The number of rotatable bonds is 8. The first-order valence-corrected chi connectivity index (χ1v) is 7.52. The maximum absolute atomic E-state index is 11.9. The van der Waals surface area contributed by atoms with Gasteiger partial charge in [0.15, 0.2) is 0 Å². The third-order valence-electron chi connectivity index (χ3n) is 3.61. The summed E-state index contributed by atoms with van der Waals surface area (Å²) in [6, 6.07) is 4.87. The van der Waals surface area contributed by atoms with Crippen LogP contribution in [0, 0.1) is 6.92 Å². The fourth-order valence-electron chi connectivity index (χ4n) is 2.20. The maximum Gasteiger partial charge on any atom is 0.320 e. The number of carboxylic acids is 1. The van der Waals surface area contributed by atoms with Crippen molar-refractivity contribution >= 4 is 23.3 Å². The number of aryl methyl sites for hydroxylation is 1. The van der Waals surface area contributed by atoms with E-state index in [2.05, 4.69) is 24.1 Å². The molecule has 1 rings (SSSR count). The second-order valence-corrected chi connectivity index (χ2v) is 5.20. The molecule has 1 aromatic rings. The highest BCUT2D eigenvalue weighted by Crippen LogP contribution is 2.22. The first kappa shape index (κ1) is 18.0. The van der Waals surface area contributed by atoms with E-state index in [9.17, 15) is 9.59 Å². The first-order valence-electron chi connectivity index (χ1n) is 7.52. The van der Waals surface area contributed by atoms with Crippen molar-refractivity contribution in [1.82, 2.24) is 0 Å². The number of benzene rings is 1. The van der Waals surface area contributed by atoms with Gasteiger partial charge in [0, 0.05) is 30.9 Å². The Kier molecular flexibility index (Phi) is 6.85. The van der Waals surface area contributed by atoms with Crippen molar-refractivity contribution in [3.05, 3.63) is 23.8 Å². The van der Waals surface area contributed by atoms with Crippen LogP contribution in [0.4, 0.5) is 11.4 Å². The van der Waals surface area contributed by atoms with Gasteiger partial charge in [0.05, 0.1) is 0 Å². The number of nitrogens with two attached hydrogens (primary N) is 1. The molecule has 0 radical (unpaired) electrons. The predicted octanol–water partition coefficient (Wildman–Crippen LogP) is 1.97. The Hall–Kier alpha value is -2.08. The van der Waals surface area contributed by atoms with Crippen LogP contribution in [0.25, 0.3) is 0 Å². The fraction of sp³-hybridized carbons (Fsp3) is 0.500. The third kappa shape index (κ3) is 5.04. The van der Waals surface area contributed by atoms with Crippen LogP contribution in [-0.4, -0.2) is 36.1 Å². The summed E-state index contributed by atoms with van der Waals surface area (Å²) in [5, 5.41) is 11.5. The van der Waals surface area contributed by atoms with Gasteiger partial charge in [-0.05, 0) is 51.0 Å². The number of hydrogen-bond acceptors (Lipinski definition) is 4. The Morgan fingerprint density at radius 2 is 1.95 bits per heavy atom. The van der Waals surface area contributed by atoms with Gasteiger partial charge in [-0.15, -0.1) is 0 Å². The fourth-order valence-corrected chi connectivity index (χ4v) is 2.20. The lowest BCUT2D eigenvalue weighted by atomic mass is 10.1. The highest BCUT2D eigenvalue weighted by atomic mass is 16.4. The van der Waals surface area contributed by atoms with Crippen LogP contribution in [0.2, 0.25) is 0 Å². The van der Waals surface area contributed by atoms with Gasteiger partial charge in [-0.3, -0.25) is 9.59 Å². The van der Waals surface area contributed by atoms with Gasteiger partial charge in [0.25, 0.3) is 0 Å². The van der Waals surface area contributed by atoms with Gasteiger partial charge < -0.3 is 21.1 Å². The van der Waals surface area contributed by atoms with Gasteiger partial charge in [-0.1, -0.05) is 0 Å². The van der Waals surface area contributed by atoms with Crippen LogP contribution in [0.1, 0.15) is 32.3 Å². The largest absolute Gasteiger partial charge is 0.480 e. The van der Waals surface area contributed by atoms with Crippen LogP contribution < -0.4 is 16.0 Å². The Morgan fingerprint density at radius 1 is 1.32 bits per heavy atom. The molecule has 1 aromatic carbocycles. The van der Waals surface area contributed by atoms with Crippen molar-refractivity contribution in [2.45, 2.75) is 39.7 Å². The average molecular weight is 307 g/mol. The SMILES string of the molecule is CCN(CC)c1ccc(NC(=O)CC[C@H](N)C(=O)O)c(C)c1. The van der Waals surface area contributed by atoms with Crippen molar-refractivity contribution in [2.24, 2.45) is 5.73 Å². The molecule has 6 nitrogen and oxygen atoms in total. The zero-order chi connectivity index (χ0) is 16.7. The van der Waals surface area contributed by atoms with E-state index >= 15 is 0 Å². The van der Waals surface area contributed by atoms with Crippen molar-refractivity contribution < 1.29 is 14.7 Å². The summed E-state index contributed by atoms with van der Waals surface area (Å²) in [5.74, 6) is -1.32. The number of carboxylic acid groups (broad SMARTS) is 1. The summed E-state index contributed by atoms with van der Waals surface area (Å²) in [4.78, 5) is 24.7. The Bertz CT molecular complexity index is 527. The van der Waals surface area contributed by atoms with Gasteiger partial charge >= 0.3 is 5.97 Å². The molecule has 0 saturated heterocycles. The molecular weight excluding hydrogens is 282 g/mol. The van der Waals surface area contributed by atoms with E-state index in [1.807, 2.05) is 25.1 Å². The second kappa shape index (κ2) is 8.38. The maximum atomic E-state index is 11.9. The average Bonchev–Trinajstić information content (AvgIpc) is 2.48. The van der Waals surface area contributed by atoms with Crippen LogP contribution in [0.3, 0.4) is 0 Å². The number of nitrogens with one attached hydrogen (secondary N) is 1. The Labute approximate surface area is 131 Å². The molecule has 0 aliphatic carbocycles. The lowest BCUT2D eigenvalue weighted by molar-refractivity contribution is -0.138. The number of anilines is 2. The number of hydrogen-bond donors (Lipinski definition) is 3. The molecule has 0 heterocycles. The molecule has 0 spiro atoms. The summed E-state index contributed by atoms with van der Waals surface area (Å²) < 4.78 is 0. The Balaban J connectivity index is 2.66. The van der Waals surface area contributed by atoms with E-state index in [-0.39, 0.29) is 18.7 Å². The topological polar surface area (TPSA) is 95.7 Å². The van der Waals surface area contributed by atoms with Crippen molar-refractivity contribution in [1.29, 1.82) is 0 Å². The molecular formula is C16H25N3O3. The smallest absolute Gasteiger partial charge is 0.320 e. The summed E-state index contributed by atoms with van der Waals surface area (Å²) in [6.45, 7) is 7.98. The predicted molar refractivity (Wildman–Crippen MR) is 88.2 cm³/mol. The number of nitrogens with zero attached hydrogens (tertiary/aromatic N) is 1. The standard InChI is InChI=1S/C16H25N3O3/c1-4-19(5-2)12-6-8-14(11(3)10-12)18-15(20)9-7-13(17)16(21)22/h6,8,10,13H,4-5,7,9,17H2,1-3H3,(H,18,20)(H,21,22)/t13-/m0/s1.